The molecule has 0 radical (unpaired) electrons. The first-order valence-electron chi connectivity index (χ1n) is 10.1. The smallest absolute Gasteiger partial charge is 0.227 e. The number of likely N-dealkylation sites (tertiary alicyclic amines) is 1. The number of ether oxygens (including phenoxy) is 1. The molecule has 1 aromatic heterocycles. The minimum atomic E-state index is 0.186. The summed E-state index contributed by atoms with van der Waals surface area (Å²) in [5.41, 5.74) is 3.28. The maximum atomic E-state index is 12.8. The number of imidazole rings is 1. The lowest BCUT2D eigenvalue weighted by molar-refractivity contribution is -0.129. The Hall–Kier alpha value is -3.08. The third-order valence-corrected chi connectivity index (χ3v) is 5.66. The van der Waals surface area contributed by atoms with Gasteiger partial charge in [0, 0.05) is 37.1 Å². The summed E-state index contributed by atoms with van der Waals surface area (Å²) in [4.78, 5) is 19.4. The van der Waals surface area contributed by atoms with Crippen molar-refractivity contribution in [2.45, 2.75) is 26.3 Å². The zero-order valence-electron chi connectivity index (χ0n) is 17.0. The Morgan fingerprint density at radius 2 is 2.00 bits per heavy atom. The zero-order valence-corrected chi connectivity index (χ0v) is 17.0. The number of carbonyl (C=O) groups excluding carboxylic acids is 1. The standard InChI is InChI=1S/C24H27N3O2/c1-18-15-25-24(21-8-4-3-5-9-21)27(18)17-20-11-12-26(16-20)23(28)14-19-7-6-10-22(13-19)29-2/h3-10,13,15,20H,11-12,14,16-17H2,1-2H3. The van der Waals surface area contributed by atoms with Crippen molar-refractivity contribution >= 4 is 5.91 Å². The molecule has 0 bridgehead atoms. The number of aromatic nitrogens is 2. The number of methoxy groups -OCH3 is 1. The molecule has 1 aliphatic heterocycles. The Labute approximate surface area is 171 Å². The van der Waals surface area contributed by atoms with Gasteiger partial charge >= 0.3 is 0 Å². The molecule has 1 atom stereocenters. The van der Waals surface area contributed by atoms with Crippen molar-refractivity contribution in [1.82, 2.24) is 14.5 Å². The van der Waals surface area contributed by atoms with Crippen LogP contribution in [-0.4, -0.2) is 40.6 Å². The summed E-state index contributed by atoms with van der Waals surface area (Å²) in [6.45, 7) is 4.61. The van der Waals surface area contributed by atoms with Gasteiger partial charge in [-0.05, 0) is 37.0 Å². The summed E-state index contributed by atoms with van der Waals surface area (Å²) in [6, 6.07) is 18.0. The molecule has 0 N–H and O–H groups in total. The number of hydrogen-bond acceptors (Lipinski definition) is 3. The maximum Gasteiger partial charge on any atom is 0.227 e. The molecular formula is C24H27N3O2. The van der Waals surface area contributed by atoms with Crippen LogP contribution in [-0.2, 0) is 17.8 Å². The van der Waals surface area contributed by atoms with Gasteiger partial charge in [-0.15, -0.1) is 0 Å². The fourth-order valence-corrected chi connectivity index (χ4v) is 4.04. The lowest BCUT2D eigenvalue weighted by Gasteiger charge is -2.18. The van der Waals surface area contributed by atoms with Crippen LogP contribution in [0.5, 0.6) is 5.75 Å². The molecule has 2 heterocycles. The van der Waals surface area contributed by atoms with E-state index in [1.807, 2.05) is 53.6 Å². The largest absolute Gasteiger partial charge is 0.497 e. The Balaban J connectivity index is 1.41. The van der Waals surface area contributed by atoms with Crippen molar-refractivity contribution in [1.29, 1.82) is 0 Å². The second-order valence-electron chi connectivity index (χ2n) is 7.72. The van der Waals surface area contributed by atoms with Crippen LogP contribution in [0.3, 0.4) is 0 Å². The monoisotopic (exact) mass is 389 g/mol. The van der Waals surface area contributed by atoms with Crippen LogP contribution in [0.15, 0.2) is 60.8 Å². The normalized spacial score (nSPS) is 16.2. The molecule has 1 fully saturated rings. The highest BCUT2D eigenvalue weighted by atomic mass is 16.5. The van der Waals surface area contributed by atoms with Crippen LogP contribution in [0.2, 0.25) is 0 Å². The van der Waals surface area contributed by atoms with E-state index in [9.17, 15) is 4.79 Å². The van der Waals surface area contributed by atoms with E-state index >= 15 is 0 Å². The van der Waals surface area contributed by atoms with Crippen LogP contribution in [0.1, 0.15) is 17.7 Å². The molecule has 3 aromatic rings. The lowest BCUT2D eigenvalue weighted by atomic mass is 10.1. The van der Waals surface area contributed by atoms with Gasteiger partial charge in [0.15, 0.2) is 0 Å². The first kappa shape index (κ1) is 19.2. The fourth-order valence-electron chi connectivity index (χ4n) is 4.04. The number of aryl methyl sites for hydroxylation is 1. The van der Waals surface area contributed by atoms with Crippen molar-refractivity contribution < 1.29 is 9.53 Å². The molecule has 5 nitrogen and oxygen atoms in total. The Bertz CT molecular complexity index is 981. The lowest BCUT2D eigenvalue weighted by Crippen LogP contribution is -2.30. The highest BCUT2D eigenvalue weighted by Gasteiger charge is 2.27. The third kappa shape index (κ3) is 4.34. The predicted molar refractivity (Wildman–Crippen MR) is 114 cm³/mol. The average molecular weight is 389 g/mol. The van der Waals surface area contributed by atoms with Crippen LogP contribution in [0.4, 0.5) is 0 Å². The van der Waals surface area contributed by atoms with E-state index in [0.29, 0.717) is 12.3 Å². The van der Waals surface area contributed by atoms with Crippen molar-refractivity contribution in [3.63, 3.8) is 0 Å². The number of benzene rings is 2. The maximum absolute atomic E-state index is 12.8. The highest BCUT2D eigenvalue weighted by molar-refractivity contribution is 5.79. The van der Waals surface area contributed by atoms with Gasteiger partial charge in [-0.3, -0.25) is 4.79 Å². The van der Waals surface area contributed by atoms with Crippen molar-refractivity contribution in [3.05, 3.63) is 72.1 Å². The van der Waals surface area contributed by atoms with Gasteiger partial charge in [0.1, 0.15) is 11.6 Å². The van der Waals surface area contributed by atoms with E-state index in [1.165, 1.54) is 0 Å². The molecule has 0 aliphatic carbocycles. The number of amides is 1. The van der Waals surface area contributed by atoms with Crippen molar-refractivity contribution in [2.75, 3.05) is 20.2 Å². The predicted octanol–water partition coefficient (Wildman–Crippen LogP) is 3.96. The highest BCUT2D eigenvalue weighted by Crippen LogP contribution is 2.25. The Morgan fingerprint density at radius 3 is 2.79 bits per heavy atom. The molecular weight excluding hydrogens is 362 g/mol. The second-order valence-corrected chi connectivity index (χ2v) is 7.72. The van der Waals surface area contributed by atoms with E-state index < -0.39 is 0 Å². The molecule has 2 aromatic carbocycles. The SMILES string of the molecule is COc1cccc(CC(=O)N2CCC(Cn3c(C)cnc3-c3ccccc3)C2)c1. The van der Waals surface area contributed by atoms with E-state index in [2.05, 4.69) is 28.6 Å². The molecule has 0 saturated carbocycles. The minimum absolute atomic E-state index is 0.186. The first-order valence-corrected chi connectivity index (χ1v) is 10.1. The molecule has 0 spiro atoms. The minimum Gasteiger partial charge on any atom is -0.497 e. The summed E-state index contributed by atoms with van der Waals surface area (Å²) in [7, 11) is 1.65. The molecule has 1 saturated heterocycles. The van der Waals surface area contributed by atoms with Crippen molar-refractivity contribution in [2.24, 2.45) is 5.92 Å². The molecule has 1 amide bonds. The van der Waals surface area contributed by atoms with Crippen molar-refractivity contribution in [3.8, 4) is 17.1 Å². The van der Waals surface area contributed by atoms with Crippen LogP contribution in [0.25, 0.3) is 11.4 Å². The van der Waals surface area contributed by atoms with Crippen LogP contribution in [0, 0.1) is 12.8 Å². The van der Waals surface area contributed by atoms with Gasteiger partial charge in [-0.25, -0.2) is 4.98 Å². The van der Waals surface area contributed by atoms with E-state index in [-0.39, 0.29) is 5.91 Å². The third-order valence-electron chi connectivity index (χ3n) is 5.66. The fraction of sp³-hybridized carbons (Fsp3) is 0.333. The number of hydrogen-bond donors (Lipinski definition) is 0. The number of nitrogens with zero attached hydrogens (tertiary/aromatic N) is 3. The quantitative estimate of drug-likeness (QED) is 0.641. The first-order chi connectivity index (χ1) is 14.1. The van der Waals surface area contributed by atoms with E-state index in [1.54, 1.807) is 7.11 Å². The zero-order chi connectivity index (χ0) is 20.2. The van der Waals surface area contributed by atoms with Gasteiger partial charge in [0.2, 0.25) is 5.91 Å². The average Bonchev–Trinajstić information content (AvgIpc) is 3.36. The molecule has 29 heavy (non-hydrogen) atoms. The summed E-state index contributed by atoms with van der Waals surface area (Å²) in [5.74, 6) is 2.42. The summed E-state index contributed by atoms with van der Waals surface area (Å²) in [6.07, 6.45) is 3.38. The van der Waals surface area contributed by atoms with Gasteiger partial charge in [0.05, 0.1) is 13.5 Å². The van der Waals surface area contributed by atoms with Crippen LogP contribution < -0.4 is 4.74 Å². The molecule has 5 heteroatoms. The van der Waals surface area contributed by atoms with E-state index in [0.717, 1.165) is 54.4 Å². The van der Waals surface area contributed by atoms with Gasteiger partial charge in [-0.1, -0.05) is 42.5 Å². The Morgan fingerprint density at radius 1 is 1.17 bits per heavy atom. The number of carbonyl (C=O) groups is 1. The molecule has 1 unspecified atom stereocenters. The molecule has 4 rings (SSSR count). The molecule has 1 aliphatic rings. The topological polar surface area (TPSA) is 47.4 Å². The van der Waals surface area contributed by atoms with Gasteiger partial charge in [-0.2, -0.15) is 0 Å². The summed E-state index contributed by atoms with van der Waals surface area (Å²) < 4.78 is 7.55. The number of rotatable bonds is 6. The Kier molecular flexibility index (Phi) is 5.65. The van der Waals surface area contributed by atoms with Crippen LogP contribution >= 0.6 is 0 Å². The second kappa shape index (κ2) is 8.52. The van der Waals surface area contributed by atoms with Gasteiger partial charge < -0.3 is 14.2 Å². The van der Waals surface area contributed by atoms with E-state index in [4.69, 9.17) is 4.74 Å². The summed E-state index contributed by atoms with van der Waals surface area (Å²) >= 11 is 0. The summed E-state index contributed by atoms with van der Waals surface area (Å²) in [5, 5.41) is 0. The molecule has 150 valence electrons. The van der Waals surface area contributed by atoms with Gasteiger partial charge in [0.25, 0.3) is 0 Å².